The maximum atomic E-state index is 12.3. The Labute approximate surface area is 121 Å². The van der Waals surface area contributed by atoms with E-state index in [0.717, 1.165) is 3.57 Å². The summed E-state index contributed by atoms with van der Waals surface area (Å²) < 4.78 is 0.756. The summed E-state index contributed by atoms with van der Waals surface area (Å²) in [7, 11) is 0. The van der Waals surface area contributed by atoms with Crippen molar-refractivity contribution in [1.29, 1.82) is 0 Å². The largest absolute Gasteiger partial charge is 0.507 e. The third-order valence-electron chi connectivity index (χ3n) is 3.04. The van der Waals surface area contributed by atoms with Gasteiger partial charge < -0.3 is 15.3 Å². The first-order valence-electron chi connectivity index (χ1n) is 6.01. The number of rotatable bonds is 1. The molecular formula is C13H17IN2O2. The van der Waals surface area contributed by atoms with Gasteiger partial charge >= 0.3 is 0 Å². The Bertz CT molecular complexity index is 454. The minimum absolute atomic E-state index is 0.0121. The van der Waals surface area contributed by atoms with Crippen LogP contribution in [-0.2, 0) is 0 Å². The van der Waals surface area contributed by atoms with Crippen LogP contribution in [0.2, 0.25) is 0 Å². The molecule has 18 heavy (non-hydrogen) atoms. The smallest absolute Gasteiger partial charge is 0.254 e. The van der Waals surface area contributed by atoms with Gasteiger partial charge in [0, 0.05) is 30.7 Å². The first-order chi connectivity index (χ1) is 8.47. The molecule has 1 amide bonds. The van der Waals surface area contributed by atoms with Crippen molar-refractivity contribution in [1.82, 2.24) is 10.2 Å². The predicted molar refractivity (Wildman–Crippen MR) is 78.8 cm³/mol. The second kappa shape index (κ2) is 5.44. The standard InChI is InChI=1S/C13H17IN2O2/c1-8-6-16(7-9(2)15-8)13(18)10-3-4-11(14)12(17)5-10/h3-5,8-9,15,17H,6-7H2,1-2H3. The van der Waals surface area contributed by atoms with E-state index in [-0.39, 0.29) is 11.7 Å². The molecule has 2 unspecified atom stereocenters. The average molecular weight is 360 g/mol. The summed E-state index contributed by atoms with van der Waals surface area (Å²) in [6.45, 7) is 5.55. The van der Waals surface area contributed by atoms with Gasteiger partial charge in [0.15, 0.2) is 0 Å². The van der Waals surface area contributed by atoms with Crippen LogP contribution in [0.5, 0.6) is 5.75 Å². The van der Waals surface area contributed by atoms with E-state index in [1.54, 1.807) is 18.2 Å². The Morgan fingerprint density at radius 1 is 1.39 bits per heavy atom. The lowest BCUT2D eigenvalue weighted by atomic mass is 10.1. The Morgan fingerprint density at radius 3 is 2.56 bits per heavy atom. The van der Waals surface area contributed by atoms with E-state index < -0.39 is 0 Å². The van der Waals surface area contributed by atoms with Gasteiger partial charge in [-0.2, -0.15) is 0 Å². The van der Waals surface area contributed by atoms with Crippen LogP contribution in [0.4, 0.5) is 0 Å². The predicted octanol–water partition coefficient (Wildman–Crippen LogP) is 1.82. The van der Waals surface area contributed by atoms with Crippen LogP contribution in [0.15, 0.2) is 18.2 Å². The normalized spacial score (nSPS) is 24.1. The molecule has 1 aliphatic heterocycles. The fourth-order valence-corrected chi connectivity index (χ4v) is 2.66. The molecule has 1 heterocycles. The number of hydrogen-bond donors (Lipinski definition) is 2. The van der Waals surface area contributed by atoms with Crippen molar-refractivity contribution < 1.29 is 9.90 Å². The fraction of sp³-hybridized carbons (Fsp3) is 0.462. The lowest BCUT2D eigenvalue weighted by Gasteiger charge is -2.36. The third-order valence-corrected chi connectivity index (χ3v) is 3.95. The molecule has 5 heteroatoms. The minimum Gasteiger partial charge on any atom is -0.507 e. The van der Waals surface area contributed by atoms with Gasteiger partial charge in [-0.25, -0.2) is 0 Å². The molecule has 0 spiro atoms. The van der Waals surface area contributed by atoms with Gasteiger partial charge in [0.05, 0.1) is 3.57 Å². The third kappa shape index (κ3) is 2.95. The first kappa shape index (κ1) is 13.6. The number of hydrogen-bond acceptors (Lipinski definition) is 3. The molecular weight excluding hydrogens is 343 g/mol. The lowest BCUT2D eigenvalue weighted by molar-refractivity contribution is 0.0673. The number of nitrogens with one attached hydrogen (secondary N) is 1. The van der Waals surface area contributed by atoms with Gasteiger partial charge in [0.1, 0.15) is 5.75 Å². The number of benzene rings is 1. The van der Waals surface area contributed by atoms with Crippen LogP contribution >= 0.6 is 22.6 Å². The zero-order valence-electron chi connectivity index (χ0n) is 10.5. The molecule has 1 saturated heterocycles. The van der Waals surface area contributed by atoms with Gasteiger partial charge in [-0.15, -0.1) is 0 Å². The van der Waals surface area contributed by atoms with Crippen molar-refractivity contribution in [3.63, 3.8) is 0 Å². The topological polar surface area (TPSA) is 52.6 Å². The highest BCUT2D eigenvalue weighted by atomic mass is 127. The van der Waals surface area contributed by atoms with Gasteiger partial charge in [0.2, 0.25) is 0 Å². The summed E-state index contributed by atoms with van der Waals surface area (Å²) in [6.07, 6.45) is 0. The van der Waals surface area contributed by atoms with Gasteiger partial charge in [-0.1, -0.05) is 0 Å². The summed E-state index contributed by atoms with van der Waals surface area (Å²) in [5.74, 6) is 0.152. The number of carbonyl (C=O) groups is 1. The monoisotopic (exact) mass is 360 g/mol. The van der Waals surface area contributed by atoms with E-state index in [4.69, 9.17) is 0 Å². The number of phenolic OH excluding ortho intramolecular Hbond substituents is 1. The molecule has 0 radical (unpaired) electrons. The molecule has 2 N–H and O–H groups in total. The van der Waals surface area contributed by atoms with Crippen molar-refractivity contribution in [2.24, 2.45) is 0 Å². The second-order valence-electron chi connectivity index (χ2n) is 4.85. The minimum atomic E-state index is -0.0121. The summed E-state index contributed by atoms with van der Waals surface area (Å²) in [4.78, 5) is 14.2. The average Bonchev–Trinajstić information content (AvgIpc) is 2.30. The molecule has 1 fully saturated rings. The van der Waals surface area contributed by atoms with E-state index in [0.29, 0.717) is 30.7 Å². The number of nitrogens with zero attached hydrogens (tertiary/aromatic N) is 1. The Hall–Kier alpha value is -0.820. The fourth-order valence-electron chi connectivity index (χ4n) is 2.32. The van der Waals surface area contributed by atoms with Gasteiger partial charge in [-0.05, 0) is 54.6 Å². The zero-order valence-corrected chi connectivity index (χ0v) is 12.6. The van der Waals surface area contributed by atoms with Crippen molar-refractivity contribution >= 4 is 28.5 Å². The van der Waals surface area contributed by atoms with Crippen LogP contribution in [-0.4, -0.2) is 41.1 Å². The SMILES string of the molecule is CC1CN(C(=O)c2ccc(I)c(O)c2)CC(C)N1. The van der Waals surface area contributed by atoms with Crippen molar-refractivity contribution in [3.8, 4) is 5.75 Å². The number of carbonyl (C=O) groups excluding carboxylic acids is 1. The maximum Gasteiger partial charge on any atom is 0.254 e. The van der Waals surface area contributed by atoms with E-state index in [2.05, 4.69) is 19.2 Å². The van der Waals surface area contributed by atoms with Crippen molar-refractivity contribution in [2.75, 3.05) is 13.1 Å². The Balaban J connectivity index is 2.17. The molecule has 98 valence electrons. The summed E-state index contributed by atoms with van der Waals surface area (Å²) in [5, 5.41) is 13.1. The molecule has 1 aromatic carbocycles. The molecule has 2 atom stereocenters. The van der Waals surface area contributed by atoms with Gasteiger partial charge in [0.25, 0.3) is 5.91 Å². The first-order valence-corrected chi connectivity index (χ1v) is 7.09. The number of phenols is 1. The highest BCUT2D eigenvalue weighted by Gasteiger charge is 2.25. The number of aromatic hydroxyl groups is 1. The van der Waals surface area contributed by atoms with Crippen LogP contribution in [0.25, 0.3) is 0 Å². The summed E-state index contributed by atoms with van der Waals surface area (Å²) >= 11 is 2.04. The van der Waals surface area contributed by atoms with E-state index >= 15 is 0 Å². The maximum absolute atomic E-state index is 12.3. The van der Waals surface area contributed by atoms with Crippen LogP contribution in [0.3, 0.4) is 0 Å². The molecule has 1 aromatic rings. The highest BCUT2D eigenvalue weighted by molar-refractivity contribution is 14.1. The lowest BCUT2D eigenvalue weighted by Crippen LogP contribution is -2.55. The van der Waals surface area contributed by atoms with Crippen LogP contribution < -0.4 is 5.32 Å². The Morgan fingerprint density at radius 2 is 2.00 bits per heavy atom. The number of amides is 1. The molecule has 0 aliphatic carbocycles. The molecule has 1 aliphatic rings. The summed E-state index contributed by atoms with van der Waals surface area (Å²) in [5.41, 5.74) is 0.550. The van der Waals surface area contributed by atoms with E-state index in [9.17, 15) is 9.90 Å². The molecule has 0 aromatic heterocycles. The highest BCUT2D eigenvalue weighted by Crippen LogP contribution is 2.21. The second-order valence-corrected chi connectivity index (χ2v) is 6.01. The molecule has 0 bridgehead atoms. The van der Waals surface area contributed by atoms with Crippen LogP contribution in [0.1, 0.15) is 24.2 Å². The quantitative estimate of drug-likeness (QED) is 0.752. The summed E-state index contributed by atoms with van der Waals surface area (Å²) in [6, 6.07) is 5.67. The van der Waals surface area contributed by atoms with Crippen molar-refractivity contribution in [2.45, 2.75) is 25.9 Å². The molecule has 2 rings (SSSR count). The van der Waals surface area contributed by atoms with Crippen molar-refractivity contribution in [3.05, 3.63) is 27.3 Å². The number of halogens is 1. The van der Waals surface area contributed by atoms with Crippen LogP contribution in [0, 0.1) is 3.57 Å². The molecule has 0 saturated carbocycles. The zero-order chi connectivity index (χ0) is 13.3. The Kier molecular flexibility index (Phi) is 4.11. The van der Waals surface area contributed by atoms with Gasteiger partial charge in [-0.3, -0.25) is 4.79 Å². The van der Waals surface area contributed by atoms with E-state index in [1.807, 2.05) is 27.5 Å². The van der Waals surface area contributed by atoms with E-state index in [1.165, 1.54) is 0 Å². The number of piperazine rings is 1. The molecule has 4 nitrogen and oxygen atoms in total.